The Kier molecular flexibility index (Phi) is 16.4. The van der Waals surface area contributed by atoms with Crippen molar-refractivity contribution in [3.8, 4) is 12.3 Å². The topological polar surface area (TPSA) is 170 Å². The third kappa shape index (κ3) is 15.7. The number of piperazine rings is 1. The number of hydrogen-bond donors (Lipinski definition) is 3. The van der Waals surface area contributed by atoms with E-state index < -0.39 is 33.7 Å². The van der Waals surface area contributed by atoms with E-state index in [2.05, 4.69) is 16.1 Å². The van der Waals surface area contributed by atoms with Gasteiger partial charge >= 0.3 is 0 Å². The van der Waals surface area contributed by atoms with Crippen molar-refractivity contribution in [3.05, 3.63) is 0 Å². The summed E-state index contributed by atoms with van der Waals surface area (Å²) < 4.78 is 53.0. The van der Waals surface area contributed by atoms with Crippen LogP contribution in [0.5, 0.6) is 0 Å². The molecular weight excluding hydrogens is 484 g/mol. The summed E-state index contributed by atoms with van der Waals surface area (Å²) in [6.07, 6.45) is 4.97. The van der Waals surface area contributed by atoms with Crippen molar-refractivity contribution in [2.75, 3.05) is 97.9 Å². The highest BCUT2D eigenvalue weighted by Crippen LogP contribution is 2.06. The number of amides is 2. The predicted octanol–water partition coefficient (Wildman–Crippen LogP) is -2.45. The van der Waals surface area contributed by atoms with Crippen LogP contribution in [0, 0.1) is 12.3 Å². The number of ether oxygens (including phenoxy) is 4. The lowest BCUT2D eigenvalue weighted by Gasteiger charge is -2.36. The summed E-state index contributed by atoms with van der Waals surface area (Å²) in [6, 6.07) is -1.38. The van der Waals surface area contributed by atoms with E-state index in [9.17, 15) is 22.6 Å². The Morgan fingerprint density at radius 2 is 1.51 bits per heavy atom. The second-order valence-electron chi connectivity index (χ2n) is 7.67. The van der Waals surface area contributed by atoms with E-state index in [1.54, 1.807) is 0 Å². The summed E-state index contributed by atoms with van der Waals surface area (Å²) in [7, 11) is -4.48. The normalized spacial score (nSPS) is 15.5. The lowest BCUT2D eigenvalue weighted by molar-refractivity contribution is -0.137. The highest BCUT2D eigenvalue weighted by Gasteiger charge is 2.31. The first kappa shape index (κ1) is 31.2. The minimum atomic E-state index is -4.48. The summed E-state index contributed by atoms with van der Waals surface area (Å²) in [6.45, 7) is 5.62. The maximum Gasteiger partial charge on any atom is 0.267 e. The molecule has 0 saturated carbocycles. The van der Waals surface area contributed by atoms with Gasteiger partial charge in [-0.15, -0.1) is 6.42 Å². The first-order chi connectivity index (χ1) is 16.8. The van der Waals surface area contributed by atoms with E-state index in [0.717, 1.165) is 0 Å². The molecule has 1 atom stereocenters. The number of nitrogens with two attached hydrogens (primary N) is 1. The Hall–Kier alpha value is -1.83. The molecule has 0 unspecified atom stereocenters. The summed E-state index contributed by atoms with van der Waals surface area (Å²) in [5, 5.41) is 2.40. The second kappa shape index (κ2) is 18.4. The Morgan fingerprint density at radius 1 is 0.971 bits per heavy atom. The highest BCUT2D eigenvalue weighted by atomic mass is 32.2. The zero-order valence-corrected chi connectivity index (χ0v) is 20.9. The molecule has 0 bridgehead atoms. The average Bonchev–Trinajstić information content (AvgIpc) is 2.81. The predicted molar refractivity (Wildman–Crippen MR) is 127 cm³/mol. The summed E-state index contributed by atoms with van der Waals surface area (Å²) in [5.41, 5.74) is 5.54. The fraction of sp³-hybridized carbons (Fsp3) is 0.810. The highest BCUT2D eigenvalue weighted by molar-refractivity contribution is 7.85. The largest absolute Gasteiger partial charge is 0.379 e. The fourth-order valence-electron chi connectivity index (χ4n) is 3.20. The van der Waals surface area contributed by atoms with E-state index >= 15 is 0 Å². The Labute approximate surface area is 207 Å². The van der Waals surface area contributed by atoms with Crippen LogP contribution in [0.25, 0.3) is 0 Å². The molecule has 1 aliphatic heterocycles. The van der Waals surface area contributed by atoms with Crippen LogP contribution in [0.4, 0.5) is 0 Å². The zero-order chi connectivity index (χ0) is 25.9. The van der Waals surface area contributed by atoms with Gasteiger partial charge in [-0.3, -0.25) is 19.0 Å². The first-order valence-electron chi connectivity index (χ1n) is 11.5. The molecule has 0 radical (unpaired) electrons. The molecule has 202 valence electrons. The van der Waals surface area contributed by atoms with Gasteiger partial charge in [0.2, 0.25) is 11.8 Å². The van der Waals surface area contributed by atoms with Crippen LogP contribution in [0.2, 0.25) is 0 Å². The quantitative estimate of drug-likeness (QED) is 0.0935. The molecule has 0 aromatic carbocycles. The molecule has 35 heavy (non-hydrogen) atoms. The molecule has 1 heterocycles. The summed E-state index contributed by atoms with van der Waals surface area (Å²) >= 11 is 0. The van der Waals surface area contributed by atoms with Crippen molar-refractivity contribution < 1.29 is 41.5 Å². The molecule has 1 saturated heterocycles. The standard InChI is InChI=1S/C21H38N4O9S/c1-2-10-31-12-14-33-16-17-34-15-13-32-11-3-20(26)23-19(18-35(28,29)30)21(27)25-8-6-24(5-4-22)7-9-25/h1,19H,3-18,22H2,(H,23,26)(H,28,29,30)/t19-/m0/s1. The van der Waals surface area contributed by atoms with Gasteiger partial charge in [-0.05, 0) is 0 Å². The fourth-order valence-corrected chi connectivity index (χ4v) is 3.85. The van der Waals surface area contributed by atoms with Crippen molar-refractivity contribution in [1.29, 1.82) is 0 Å². The third-order valence-corrected chi connectivity index (χ3v) is 5.67. The monoisotopic (exact) mass is 522 g/mol. The molecule has 2 amide bonds. The van der Waals surface area contributed by atoms with Gasteiger partial charge in [0.15, 0.2) is 0 Å². The van der Waals surface area contributed by atoms with Gasteiger partial charge in [0, 0.05) is 45.7 Å². The molecule has 0 aliphatic carbocycles. The van der Waals surface area contributed by atoms with Crippen LogP contribution in [-0.2, 0) is 38.7 Å². The van der Waals surface area contributed by atoms with Crippen molar-refractivity contribution in [2.45, 2.75) is 12.5 Å². The lowest BCUT2D eigenvalue weighted by Crippen LogP contribution is -2.57. The zero-order valence-electron chi connectivity index (χ0n) is 20.1. The van der Waals surface area contributed by atoms with Crippen LogP contribution in [0.1, 0.15) is 6.42 Å². The van der Waals surface area contributed by atoms with Crippen LogP contribution < -0.4 is 11.1 Å². The van der Waals surface area contributed by atoms with Crippen LogP contribution in [0.3, 0.4) is 0 Å². The van der Waals surface area contributed by atoms with Crippen LogP contribution in [0.15, 0.2) is 0 Å². The Balaban J connectivity index is 2.24. The van der Waals surface area contributed by atoms with Gasteiger partial charge in [-0.25, -0.2) is 0 Å². The molecule has 14 heteroatoms. The smallest absolute Gasteiger partial charge is 0.267 e. The molecule has 1 rings (SSSR count). The number of hydrogen-bond acceptors (Lipinski definition) is 10. The van der Waals surface area contributed by atoms with Gasteiger partial charge in [0.05, 0.1) is 46.2 Å². The molecule has 0 aromatic rings. The SMILES string of the molecule is C#CCOCCOCCOCCOCCC(=O)N[C@@H](CS(=O)(=O)O)C(=O)N1CCN(CCN)CC1. The molecule has 13 nitrogen and oxygen atoms in total. The van der Waals surface area contributed by atoms with Gasteiger partial charge in [-0.1, -0.05) is 5.92 Å². The maximum atomic E-state index is 12.8. The van der Waals surface area contributed by atoms with Crippen molar-refractivity contribution in [3.63, 3.8) is 0 Å². The minimum Gasteiger partial charge on any atom is -0.379 e. The maximum absolute atomic E-state index is 12.8. The van der Waals surface area contributed by atoms with Gasteiger partial charge in [0.1, 0.15) is 18.4 Å². The molecule has 0 spiro atoms. The van der Waals surface area contributed by atoms with E-state index in [0.29, 0.717) is 72.3 Å². The molecule has 1 aliphatic rings. The molecule has 4 N–H and O–H groups in total. The molecule has 0 aromatic heterocycles. The van der Waals surface area contributed by atoms with Crippen molar-refractivity contribution in [2.24, 2.45) is 5.73 Å². The van der Waals surface area contributed by atoms with Crippen LogP contribution in [-0.4, -0.2) is 139 Å². The number of nitrogens with zero attached hydrogens (tertiary/aromatic N) is 2. The van der Waals surface area contributed by atoms with E-state index in [4.69, 9.17) is 31.1 Å². The number of nitrogens with one attached hydrogen (secondary N) is 1. The Bertz CT molecular complexity index is 752. The summed E-state index contributed by atoms with van der Waals surface area (Å²) in [5.74, 6) is 0.346. The Morgan fingerprint density at radius 3 is 2.03 bits per heavy atom. The van der Waals surface area contributed by atoms with Gasteiger partial charge in [0.25, 0.3) is 10.1 Å². The third-order valence-electron chi connectivity index (χ3n) is 4.91. The lowest BCUT2D eigenvalue weighted by atomic mass is 10.2. The second-order valence-corrected chi connectivity index (χ2v) is 9.17. The summed E-state index contributed by atoms with van der Waals surface area (Å²) in [4.78, 5) is 28.6. The van der Waals surface area contributed by atoms with Gasteiger partial charge in [-0.2, -0.15) is 8.42 Å². The van der Waals surface area contributed by atoms with Crippen molar-refractivity contribution >= 4 is 21.9 Å². The first-order valence-corrected chi connectivity index (χ1v) is 13.1. The number of rotatable bonds is 19. The van der Waals surface area contributed by atoms with E-state index in [1.807, 2.05) is 0 Å². The number of carbonyl (C=O) groups excluding carboxylic acids is 2. The number of carbonyl (C=O) groups is 2. The van der Waals surface area contributed by atoms with Gasteiger partial charge < -0.3 is 34.9 Å². The van der Waals surface area contributed by atoms with Crippen LogP contribution >= 0.6 is 0 Å². The average molecular weight is 523 g/mol. The number of terminal acetylenes is 1. The van der Waals surface area contributed by atoms with Crippen molar-refractivity contribution in [1.82, 2.24) is 15.1 Å². The van der Waals surface area contributed by atoms with E-state index in [-0.39, 0.29) is 26.2 Å². The molecular formula is C21H38N4O9S. The molecule has 1 fully saturated rings. The van der Waals surface area contributed by atoms with E-state index in [1.165, 1.54) is 4.90 Å². The minimum absolute atomic E-state index is 0.0583.